The topological polar surface area (TPSA) is 72.6 Å². The van der Waals surface area contributed by atoms with E-state index in [1.807, 2.05) is 0 Å². The molecule has 0 aromatic heterocycles. The van der Waals surface area contributed by atoms with E-state index < -0.39 is 10.0 Å². The van der Waals surface area contributed by atoms with Crippen molar-refractivity contribution in [2.75, 3.05) is 32.6 Å². The Kier molecular flexibility index (Phi) is 4.31. The molecule has 1 heterocycles. The second kappa shape index (κ2) is 5.06. The first-order chi connectivity index (χ1) is 6.55. The first kappa shape index (κ1) is 11.9. The largest absolute Gasteiger partial charge is 0.378 e. The molecule has 0 spiro atoms. The molecular weight excluding hydrogens is 204 g/mol. The molecule has 0 bridgehead atoms. The third kappa shape index (κ3) is 3.20. The van der Waals surface area contributed by atoms with Gasteiger partial charge in [-0.25, -0.2) is 8.42 Å². The van der Waals surface area contributed by atoms with Crippen LogP contribution in [-0.2, 0) is 14.8 Å². The van der Waals surface area contributed by atoms with E-state index in [1.165, 1.54) is 10.6 Å². The molecule has 5 nitrogen and oxygen atoms in total. The van der Waals surface area contributed by atoms with Crippen molar-refractivity contribution in [2.45, 2.75) is 18.9 Å². The van der Waals surface area contributed by atoms with Crippen LogP contribution in [0.5, 0.6) is 0 Å². The summed E-state index contributed by atoms with van der Waals surface area (Å²) in [5.74, 6) is 0. The van der Waals surface area contributed by atoms with Crippen LogP contribution < -0.4 is 5.73 Å². The van der Waals surface area contributed by atoms with E-state index in [0.717, 1.165) is 12.8 Å². The average Bonchev–Trinajstić information content (AvgIpc) is 2.52. The summed E-state index contributed by atoms with van der Waals surface area (Å²) in [7, 11) is -3.07. The van der Waals surface area contributed by atoms with E-state index in [-0.39, 0.29) is 6.04 Å². The van der Waals surface area contributed by atoms with E-state index in [9.17, 15) is 8.42 Å². The Balaban J connectivity index is 2.44. The molecule has 0 aromatic rings. The minimum atomic E-state index is -3.07. The molecule has 1 fully saturated rings. The highest BCUT2D eigenvalue weighted by atomic mass is 32.2. The van der Waals surface area contributed by atoms with Crippen molar-refractivity contribution in [3.8, 4) is 0 Å². The maximum Gasteiger partial charge on any atom is 0.211 e. The Morgan fingerprint density at radius 2 is 2.29 bits per heavy atom. The quantitative estimate of drug-likeness (QED) is 0.630. The summed E-state index contributed by atoms with van der Waals surface area (Å²) in [5.41, 5.74) is 5.28. The molecule has 1 rings (SSSR count). The number of ether oxygens (including phenoxy) is 1. The number of nitrogens with zero attached hydrogens (tertiary/aromatic N) is 1. The predicted octanol–water partition coefficient (Wildman–Crippen LogP) is -0.614. The van der Waals surface area contributed by atoms with Gasteiger partial charge in [0.25, 0.3) is 0 Å². The summed E-state index contributed by atoms with van der Waals surface area (Å²) in [6.07, 6.45) is 3.05. The first-order valence-electron chi connectivity index (χ1n) is 4.80. The molecule has 1 atom stereocenters. The zero-order valence-electron chi connectivity index (χ0n) is 8.48. The van der Waals surface area contributed by atoms with Gasteiger partial charge in [-0.15, -0.1) is 0 Å². The molecule has 6 heteroatoms. The van der Waals surface area contributed by atoms with Crippen LogP contribution in [0.3, 0.4) is 0 Å². The third-order valence-electron chi connectivity index (χ3n) is 2.32. The van der Waals surface area contributed by atoms with Crippen molar-refractivity contribution >= 4 is 10.0 Å². The van der Waals surface area contributed by atoms with Gasteiger partial charge < -0.3 is 10.5 Å². The van der Waals surface area contributed by atoms with Gasteiger partial charge in [-0.2, -0.15) is 4.31 Å². The Morgan fingerprint density at radius 3 is 2.86 bits per heavy atom. The van der Waals surface area contributed by atoms with Crippen molar-refractivity contribution in [1.29, 1.82) is 0 Å². The number of nitrogens with two attached hydrogens (primary N) is 1. The second-order valence-corrected chi connectivity index (χ2v) is 5.47. The first-order valence-corrected chi connectivity index (χ1v) is 6.65. The summed E-state index contributed by atoms with van der Waals surface area (Å²) in [6, 6.07) is 0.0107. The Hall–Kier alpha value is -0.170. The molecule has 14 heavy (non-hydrogen) atoms. The fourth-order valence-corrected chi connectivity index (χ4v) is 2.88. The molecule has 1 aliphatic heterocycles. The van der Waals surface area contributed by atoms with Gasteiger partial charge in [-0.05, 0) is 12.8 Å². The number of hydrogen-bond acceptors (Lipinski definition) is 4. The zero-order valence-corrected chi connectivity index (χ0v) is 9.29. The maximum atomic E-state index is 11.3. The minimum absolute atomic E-state index is 0.0107. The monoisotopic (exact) mass is 222 g/mol. The molecule has 0 aromatic carbocycles. The van der Waals surface area contributed by atoms with Crippen molar-refractivity contribution < 1.29 is 13.2 Å². The molecule has 0 aliphatic carbocycles. The van der Waals surface area contributed by atoms with Gasteiger partial charge in [0.1, 0.15) is 0 Å². The predicted molar refractivity (Wildman–Crippen MR) is 54.4 cm³/mol. The van der Waals surface area contributed by atoms with Crippen LogP contribution in [0.2, 0.25) is 0 Å². The number of rotatable bonds is 5. The van der Waals surface area contributed by atoms with Crippen molar-refractivity contribution in [3.05, 3.63) is 0 Å². The lowest BCUT2D eigenvalue weighted by molar-refractivity contribution is 0.105. The van der Waals surface area contributed by atoms with Crippen LogP contribution in [0, 0.1) is 0 Å². The van der Waals surface area contributed by atoms with Crippen molar-refractivity contribution in [3.63, 3.8) is 0 Å². The maximum absolute atomic E-state index is 11.3. The van der Waals surface area contributed by atoms with E-state index in [1.54, 1.807) is 0 Å². The summed E-state index contributed by atoms with van der Waals surface area (Å²) in [6.45, 7) is 2.06. The summed E-state index contributed by atoms with van der Waals surface area (Å²) >= 11 is 0. The lowest BCUT2D eigenvalue weighted by atomic mass is 10.2. The van der Waals surface area contributed by atoms with E-state index in [4.69, 9.17) is 10.5 Å². The van der Waals surface area contributed by atoms with Gasteiger partial charge in [-0.3, -0.25) is 0 Å². The van der Waals surface area contributed by atoms with Crippen molar-refractivity contribution in [1.82, 2.24) is 4.31 Å². The SMILES string of the molecule is CS(=O)(=O)N1CCCC1COCCN. The lowest BCUT2D eigenvalue weighted by Gasteiger charge is -2.21. The standard InChI is InChI=1S/C8H18N2O3S/c1-14(11,12)10-5-2-3-8(10)7-13-6-4-9/h8H,2-7,9H2,1H3. The molecule has 0 radical (unpaired) electrons. The van der Waals surface area contributed by atoms with Crippen LogP contribution in [-0.4, -0.2) is 51.3 Å². The average molecular weight is 222 g/mol. The summed E-state index contributed by atoms with van der Waals surface area (Å²) in [4.78, 5) is 0. The fraction of sp³-hybridized carbons (Fsp3) is 1.00. The highest BCUT2D eigenvalue weighted by molar-refractivity contribution is 7.88. The Bertz CT molecular complexity index is 266. The molecule has 1 aliphatic rings. The smallest absolute Gasteiger partial charge is 0.211 e. The van der Waals surface area contributed by atoms with Gasteiger partial charge in [0.15, 0.2) is 0 Å². The zero-order chi connectivity index (χ0) is 10.6. The van der Waals surface area contributed by atoms with E-state index in [0.29, 0.717) is 26.3 Å². The Labute approximate surface area is 85.3 Å². The van der Waals surface area contributed by atoms with Gasteiger partial charge in [0.2, 0.25) is 10.0 Å². The highest BCUT2D eigenvalue weighted by Gasteiger charge is 2.31. The van der Waals surface area contributed by atoms with Gasteiger partial charge in [0, 0.05) is 19.1 Å². The van der Waals surface area contributed by atoms with Crippen LogP contribution in [0.1, 0.15) is 12.8 Å². The molecule has 0 saturated carbocycles. The van der Waals surface area contributed by atoms with Gasteiger partial charge in [0.05, 0.1) is 19.5 Å². The van der Waals surface area contributed by atoms with E-state index >= 15 is 0 Å². The fourth-order valence-electron chi connectivity index (χ4n) is 1.72. The summed E-state index contributed by atoms with van der Waals surface area (Å²) < 4.78 is 29.4. The van der Waals surface area contributed by atoms with Crippen LogP contribution >= 0.6 is 0 Å². The summed E-state index contributed by atoms with van der Waals surface area (Å²) in [5, 5.41) is 0. The van der Waals surface area contributed by atoms with Gasteiger partial charge in [-0.1, -0.05) is 0 Å². The molecule has 2 N–H and O–H groups in total. The van der Waals surface area contributed by atoms with Crippen LogP contribution in [0.25, 0.3) is 0 Å². The normalized spacial score (nSPS) is 24.3. The van der Waals surface area contributed by atoms with Crippen LogP contribution in [0.15, 0.2) is 0 Å². The van der Waals surface area contributed by atoms with Crippen molar-refractivity contribution in [2.24, 2.45) is 5.73 Å². The highest BCUT2D eigenvalue weighted by Crippen LogP contribution is 2.20. The number of sulfonamides is 1. The van der Waals surface area contributed by atoms with Gasteiger partial charge >= 0.3 is 0 Å². The molecule has 1 unspecified atom stereocenters. The van der Waals surface area contributed by atoms with E-state index in [2.05, 4.69) is 0 Å². The molecular formula is C8H18N2O3S. The molecule has 1 saturated heterocycles. The second-order valence-electron chi connectivity index (χ2n) is 3.53. The van der Waals surface area contributed by atoms with Crippen LogP contribution in [0.4, 0.5) is 0 Å². The number of hydrogen-bond donors (Lipinski definition) is 1. The molecule has 0 amide bonds. The lowest BCUT2D eigenvalue weighted by Crippen LogP contribution is -2.37. The third-order valence-corrected chi connectivity index (χ3v) is 3.65. The molecule has 84 valence electrons. The Morgan fingerprint density at radius 1 is 1.57 bits per heavy atom. The minimum Gasteiger partial charge on any atom is -0.378 e.